The van der Waals surface area contributed by atoms with Crippen molar-refractivity contribution in [3.8, 4) is 0 Å². The second-order valence-corrected chi connectivity index (χ2v) is 18.4. The maximum absolute atomic E-state index is 12.7. The standard InChI is InChI=1S/C48H88NO9P/c1-6-8-10-11-12-13-14-15-16-19-22-25-28-31-35-39-47(51)55-43-46(44-57-59(53,54)56-42-41-49(3,4)5)58-48(52)40-36-32-29-26-23-20-17-18-21-24-27-30-34-38-45(50)37-33-9-7-2/h18,20-21,23,27,30,34,38,45-46,50H,6-17,19,22,24-26,28-29,31-33,35-37,39-44H2,1-5H3/p+1. The molecule has 344 valence electrons. The lowest BCUT2D eigenvalue weighted by Crippen LogP contribution is -2.37. The topological polar surface area (TPSA) is 129 Å². The van der Waals surface area contributed by atoms with Crippen LogP contribution < -0.4 is 0 Å². The van der Waals surface area contributed by atoms with E-state index in [4.69, 9.17) is 18.5 Å². The van der Waals surface area contributed by atoms with Crippen molar-refractivity contribution in [2.75, 3.05) is 47.5 Å². The van der Waals surface area contributed by atoms with E-state index in [1.54, 1.807) is 0 Å². The van der Waals surface area contributed by atoms with Gasteiger partial charge < -0.3 is 24.0 Å². The minimum atomic E-state index is -4.39. The van der Waals surface area contributed by atoms with Crippen molar-refractivity contribution < 1.29 is 47.2 Å². The number of ether oxygens (including phenoxy) is 2. The number of carbonyl (C=O) groups is 2. The molecular weight excluding hydrogens is 765 g/mol. The quantitative estimate of drug-likeness (QED) is 0.0154. The Kier molecular flexibility index (Phi) is 38.6. The fraction of sp³-hybridized carbons (Fsp3) is 0.792. The number of likely N-dealkylation sites (N-methyl/N-ethyl adjacent to an activating group) is 1. The monoisotopic (exact) mass is 855 g/mol. The highest BCUT2D eigenvalue weighted by Crippen LogP contribution is 2.43. The van der Waals surface area contributed by atoms with Gasteiger partial charge >= 0.3 is 19.8 Å². The summed E-state index contributed by atoms with van der Waals surface area (Å²) in [5.41, 5.74) is 0. The Hall–Kier alpha value is -2.07. The first kappa shape index (κ1) is 56.9. The summed E-state index contributed by atoms with van der Waals surface area (Å²) in [4.78, 5) is 35.4. The summed E-state index contributed by atoms with van der Waals surface area (Å²) < 4.78 is 34.3. The third-order valence-electron chi connectivity index (χ3n) is 9.97. The Labute approximate surface area is 361 Å². The predicted octanol–water partition coefficient (Wildman–Crippen LogP) is 12.4. The second kappa shape index (κ2) is 40.0. The van der Waals surface area contributed by atoms with Crippen molar-refractivity contribution in [2.24, 2.45) is 0 Å². The number of aliphatic hydroxyl groups excluding tert-OH is 1. The van der Waals surface area contributed by atoms with Crippen LogP contribution in [-0.2, 0) is 32.7 Å². The number of allylic oxidation sites excluding steroid dienone is 7. The average Bonchev–Trinajstić information content (AvgIpc) is 3.18. The van der Waals surface area contributed by atoms with Gasteiger partial charge in [0.2, 0.25) is 0 Å². The van der Waals surface area contributed by atoms with E-state index in [1.807, 2.05) is 39.4 Å². The molecule has 0 aromatic carbocycles. The summed E-state index contributed by atoms with van der Waals surface area (Å²) in [6, 6.07) is 0. The molecule has 0 aromatic heterocycles. The zero-order chi connectivity index (χ0) is 43.7. The molecule has 0 radical (unpaired) electrons. The third kappa shape index (κ3) is 43.8. The van der Waals surface area contributed by atoms with Gasteiger partial charge in [-0.25, -0.2) is 4.57 Å². The van der Waals surface area contributed by atoms with Gasteiger partial charge in [0, 0.05) is 12.8 Å². The average molecular weight is 855 g/mol. The van der Waals surface area contributed by atoms with Crippen molar-refractivity contribution in [3.05, 3.63) is 48.6 Å². The number of carbonyl (C=O) groups excluding carboxylic acids is 2. The number of quaternary nitrogens is 1. The number of esters is 2. The fourth-order valence-corrected chi connectivity index (χ4v) is 6.97. The molecule has 0 aliphatic heterocycles. The SMILES string of the molecule is CCCCCCCCCCCCCCCCCC(=O)OCC(COP(=O)(O)OCC[N+](C)(C)C)OC(=O)CCCCCC=CCC=CCC=CC=CC(O)CCCCC. The molecule has 3 atom stereocenters. The Morgan fingerprint density at radius 2 is 1.12 bits per heavy atom. The summed E-state index contributed by atoms with van der Waals surface area (Å²) in [5, 5.41) is 9.91. The lowest BCUT2D eigenvalue weighted by atomic mass is 10.0. The Morgan fingerprint density at radius 3 is 1.71 bits per heavy atom. The molecule has 3 unspecified atom stereocenters. The number of hydrogen-bond donors (Lipinski definition) is 2. The molecule has 0 aliphatic carbocycles. The molecule has 59 heavy (non-hydrogen) atoms. The molecule has 0 saturated carbocycles. The van der Waals surface area contributed by atoms with Crippen LogP contribution in [0.3, 0.4) is 0 Å². The van der Waals surface area contributed by atoms with E-state index in [0.29, 0.717) is 17.4 Å². The molecule has 0 aliphatic rings. The van der Waals surface area contributed by atoms with Crippen LogP contribution in [0.5, 0.6) is 0 Å². The summed E-state index contributed by atoms with van der Waals surface area (Å²) in [5.74, 6) is -0.852. The van der Waals surface area contributed by atoms with Crippen LogP contribution in [0.15, 0.2) is 48.6 Å². The van der Waals surface area contributed by atoms with Gasteiger partial charge in [0.15, 0.2) is 6.10 Å². The number of nitrogens with zero attached hydrogens (tertiary/aromatic N) is 1. The van der Waals surface area contributed by atoms with Gasteiger partial charge in [0.25, 0.3) is 0 Å². The molecule has 0 rings (SSSR count). The van der Waals surface area contributed by atoms with Crippen LogP contribution in [0.1, 0.15) is 187 Å². The molecule has 0 bridgehead atoms. The van der Waals surface area contributed by atoms with Crippen molar-refractivity contribution in [1.82, 2.24) is 0 Å². The van der Waals surface area contributed by atoms with E-state index >= 15 is 0 Å². The maximum atomic E-state index is 12.7. The minimum absolute atomic E-state index is 0.0178. The summed E-state index contributed by atoms with van der Waals surface area (Å²) >= 11 is 0. The van der Waals surface area contributed by atoms with E-state index in [0.717, 1.165) is 77.0 Å². The van der Waals surface area contributed by atoms with Crippen LogP contribution in [0.25, 0.3) is 0 Å². The zero-order valence-electron chi connectivity index (χ0n) is 38.3. The molecule has 0 amide bonds. The third-order valence-corrected chi connectivity index (χ3v) is 11.0. The fourth-order valence-electron chi connectivity index (χ4n) is 6.23. The molecule has 2 N–H and O–H groups in total. The lowest BCUT2D eigenvalue weighted by molar-refractivity contribution is -0.870. The smallest absolute Gasteiger partial charge is 0.462 e. The van der Waals surface area contributed by atoms with Crippen LogP contribution >= 0.6 is 7.82 Å². The highest BCUT2D eigenvalue weighted by Gasteiger charge is 2.27. The number of rotatable bonds is 42. The van der Waals surface area contributed by atoms with Crippen molar-refractivity contribution in [3.63, 3.8) is 0 Å². The van der Waals surface area contributed by atoms with Gasteiger partial charge in [-0.1, -0.05) is 178 Å². The minimum Gasteiger partial charge on any atom is -0.462 e. The first-order valence-electron chi connectivity index (χ1n) is 23.5. The van der Waals surface area contributed by atoms with Gasteiger partial charge in [-0.05, 0) is 44.9 Å². The number of phosphoric acid groups is 1. The molecule has 0 aromatic rings. The molecule has 0 heterocycles. The molecule has 11 heteroatoms. The molecule has 0 saturated heterocycles. The Bertz CT molecular complexity index is 1160. The van der Waals surface area contributed by atoms with Crippen LogP contribution in [0.4, 0.5) is 0 Å². The van der Waals surface area contributed by atoms with Gasteiger partial charge in [-0.15, -0.1) is 0 Å². The number of phosphoric ester groups is 1. The Balaban J connectivity index is 4.42. The largest absolute Gasteiger partial charge is 0.472 e. The van der Waals surface area contributed by atoms with Crippen LogP contribution in [0.2, 0.25) is 0 Å². The van der Waals surface area contributed by atoms with Crippen LogP contribution in [0, 0.1) is 0 Å². The second-order valence-electron chi connectivity index (χ2n) is 17.0. The molecule has 10 nitrogen and oxygen atoms in total. The van der Waals surface area contributed by atoms with Gasteiger partial charge in [0.1, 0.15) is 19.8 Å². The van der Waals surface area contributed by atoms with Gasteiger partial charge in [-0.2, -0.15) is 0 Å². The summed E-state index contributed by atoms with van der Waals surface area (Å²) in [6.07, 6.45) is 43.3. The summed E-state index contributed by atoms with van der Waals surface area (Å²) in [7, 11) is 1.43. The molecule has 0 fully saturated rings. The molecule has 0 spiro atoms. The van der Waals surface area contributed by atoms with E-state index < -0.39 is 26.5 Å². The zero-order valence-corrected chi connectivity index (χ0v) is 39.2. The number of hydrogen-bond acceptors (Lipinski definition) is 8. The van der Waals surface area contributed by atoms with Gasteiger partial charge in [0.05, 0.1) is 33.9 Å². The molecular formula is C48H89NO9P+. The van der Waals surface area contributed by atoms with E-state index in [2.05, 4.69) is 44.2 Å². The maximum Gasteiger partial charge on any atom is 0.472 e. The van der Waals surface area contributed by atoms with E-state index in [-0.39, 0.29) is 38.1 Å². The van der Waals surface area contributed by atoms with Gasteiger partial charge in [-0.3, -0.25) is 18.6 Å². The highest BCUT2D eigenvalue weighted by molar-refractivity contribution is 7.47. The van der Waals surface area contributed by atoms with Crippen molar-refractivity contribution in [1.29, 1.82) is 0 Å². The number of unbranched alkanes of at least 4 members (excludes halogenated alkanes) is 19. The van der Waals surface area contributed by atoms with E-state index in [9.17, 15) is 24.2 Å². The predicted molar refractivity (Wildman–Crippen MR) is 244 cm³/mol. The Morgan fingerprint density at radius 1 is 0.610 bits per heavy atom. The first-order chi connectivity index (χ1) is 28.4. The summed E-state index contributed by atoms with van der Waals surface area (Å²) in [6.45, 7) is 4.26. The van der Waals surface area contributed by atoms with Crippen molar-refractivity contribution >= 4 is 19.8 Å². The van der Waals surface area contributed by atoms with E-state index in [1.165, 1.54) is 77.0 Å². The number of aliphatic hydroxyl groups is 1. The first-order valence-corrected chi connectivity index (χ1v) is 25.0. The van der Waals surface area contributed by atoms with Crippen LogP contribution in [-0.4, -0.2) is 86.1 Å². The highest BCUT2D eigenvalue weighted by atomic mass is 31.2. The van der Waals surface area contributed by atoms with Crippen molar-refractivity contribution in [2.45, 2.75) is 199 Å². The lowest BCUT2D eigenvalue weighted by Gasteiger charge is -2.24. The normalized spacial score (nSPS) is 14.5.